The molecule has 70 valence electrons. The number of aliphatic hydroxyl groups is 1. The van der Waals surface area contributed by atoms with Crippen molar-refractivity contribution in [1.29, 1.82) is 0 Å². The quantitative estimate of drug-likeness (QED) is 0.617. The van der Waals surface area contributed by atoms with E-state index >= 15 is 0 Å². The molecule has 1 unspecified atom stereocenters. The van der Waals surface area contributed by atoms with Crippen LogP contribution in [0.4, 0.5) is 0 Å². The van der Waals surface area contributed by atoms with E-state index in [4.69, 9.17) is 0 Å². The fraction of sp³-hybridized carbons (Fsp3) is 1.00. The highest BCUT2D eigenvalue weighted by molar-refractivity contribution is 5.02. The lowest BCUT2D eigenvalue weighted by Gasteiger charge is -2.43. The molecule has 0 radical (unpaired) electrons. The summed E-state index contributed by atoms with van der Waals surface area (Å²) < 4.78 is 0. The third-order valence-corrected chi connectivity index (χ3v) is 3.59. The minimum atomic E-state index is -0.353. The minimum absolute atomic E-state index is 0.353. The van der Waals surface area contributed by atoms with Gasteiger partial charge in [-0.2, -0.15) is 0 Å². The maximum absolute atomic E-state index is 10.1. The molecule has 2 aliphatic rings. The molecule has 1 heterocycles. The highest BCUT2D eigenvalue weighted by Crippen LogP contribution is 2.46. The van der Waals surface area contributed by atoms with Crippen LogP contribution in [0.3, 0.4) is 0 Å². The summed E-state index contributed by atoms with van der Waals surface area (Å²) in [6.45, 7) is 6.24. The van der Waals surface area contributed by atoms with Crippen LogP contribution in [-0.2, 0) is 0 Å². The zero-order valence-electron chi connectivity index (χ0n) is 8.06. The second-order valence-corrected chi connectivity index (χ2v) is 5.31. The highest BCUT2D eigenvalue weighted by Gasteiger charge is 2.47. The Morgan fingerprint density at radius 3 is 2.33 bits per heavy atom. The van der Waals surface area contributed by atoms with Gasteiger partial charge in [-0.1, -0.05) is 13.8 Å². The number of rotatable bonds is 1. The lowest BCUT2D eigenvalue weighted by atomic mass is 9.79. The molecule has 1 saturated carbocycles. The van der Waals surface area contributed by atoms with Crippen LogP contribution in [0.5, 0.6) is 0 Å². The van der Waals surface area contributed by atoms with Gasteiger partial charge in [-0.15, -0.1) is 0 Å². The van der Waals surface area contributed by atoms with Gasteiger partial charge in [0, 0.05) is 13.1 Å². The fourth-order valence-electron chi connectivity index (χ4n) is 2.56. The van der Waals surface area contributed by atoms with Crippen LogP contribution >= 0.6 is 0 Å². The molecule has 12 heavy (non-hydrogen) atoms. The molecule has 0 amide bonds. The first-order valence-electron chi connectivity index (χ1n) is 4.95. The molecule has 2 nitrogen and oxygen atoms in total. The first-order valence-corrected chi connectivity index (χ1v) is 4.95. The average Bonchev–Trinajstić information content (AvgIpc) is 2.25. The van der Waals surface area contributed by atoms with Gasteiger partial charge in [0.15, 0.2) is 0 Å². The van der Waals surface area contributed by atoms with E-state index in [0.717, 1.165) is 13.1 Å². The van der Waals surface area contributed by atoms with Crippen LogP contribution in [0.1, 0.15) is 33.1 Å². The molecule has 0 aromatic heterocycles. The zero-order chi connectivity index (χ0) is 8.82. The second kappa shape index (κ2) is 2.46. The number of hydrogen-bond acceptors (Lipinski definition) is 2. The van der Waals surface area contributed by atoms with E-state index in [1.807, 2.05) is 0 Å². The molecule has 1 atom stereocenters. The predicted octanol–water partition coefficient (Wildman–Crippen LogP) is 1.15. The smallest absolute Gasteiger partial charge is 0.0923 e. The van der Waals surface area contributed by atoms with Gasteiger partial charge in [0.2, 0.25) is 0 Å². The monoisotopic (exact) mass is 169 g/mol. The molecule has 0 aromatic rings. The summed E-state index contributed by atoms with van der Waals surface area (Å²) in [4.78, 5) is 0. The van der Waals surface area contributed by atoms with Crippen molar-refractivity contribution in [2.75, 3.05) is 13.1 Å². The van der Waals surface area contributed by atoms with Gasteiger partial charge in [0.25, 0.3) is 0 Å². The zero-order valence-corrected chi connectivity index (χ0v) is 8.06. The van der Waals surface area contributed by atoms with E-state index in [2.05, 4.69) is 19.2 Å². The van der Waals surface area contributed by atoms with Gasteiger partial charge >= 0.3 is 0 Å². The lowest BCUT2D eigenvalue weighted by molar-refractivity contribution is -0.0621. The van der Waals surface area contributed by atoms with Crippen molar-refractivity contribution in [2.45, 2.75) is 38.7 Å². The number of hydrogen-bond donors (Lipinski definition) is 2. The molecule has 2 N–H and O–H groups in total. The van der Waals surface area contributed by atoms with Gasteiger partial charge in [-0.3, -0.25) is 0 Å². The van der Waals surface area contributed by atoms with E-state index in [1.54, 1.807) is 0 Å². The highest BCUT2D eigenvalue weighted by atomic mass is 16.3. The van der Waals surface area contributed by atoms with Crippen LogP contribution in [0.15, 0.2) is 0 Å². The topological polar surface area (TPSA) is 32.3 Å². The Hall–Kier alpha value is -0.0800. The third-order valence-electron chi connectivity index (χ3n) is 3.59. The van der Waals surface area contributed by atoms with Crippen LogP contribution in [-0.4, -0.2) is 23.8 Å². The van der Waals surface area contributed by atoms with Crippen molar-refractivity contribution in [3.05, 3.63) is 0 Å². The van der Waals surface area contributed by atoms with Crippen LogP contribution < -0.4 is 5.32 Å². The standard InChI is InChI=1S/C10H19NO/c1-9(2)4-3-8(5-9)10(12)6-11-7-10/h8,11-12H,3-7H2,1-2H3. The van der Waals surface area contributed by atoms with E-state index in [-0.39, 0.29) is 5.60 Å². The van der Waals surface area contributed by atoms with Crippen molar-refractivity contribution < 1.29 is 5.11 Å². The average molecular weight is 169 g/mol. The molecule has 2 heteroatoms. The van der Waals surface area contributed by atoms with Crippen molar-refractivity contribution in [1.82, 2.24) is 5.32 Å². The first-order chi connectivity index (χ1) is 5.52. The van der Waals surface area contributed by atoms with Crippen LogP contribution in [0.2, 0.25) is 0 Å². The molecule has 0 bridgehead atoms. The fourth-order valence-corrected chi connectivity index (χ4v) is 2.56. The lowest BCUT2D eigenvalue weighted by Crippen LogP contribution is -2.63. The predicted molar refractivity (Wildman–Crippen MR) is 48.9 cm³/mol. The Bertz CT molecular complexity index is 184. The Morgan fingerprint density at radius 1 is 1.33 bits per heavy atom. The summed E-state index contributed by atoms with van der Waals surface area (Å²) in [5.41, 5.74) is 0.115. The molecule has 0 spiro atoms. The Kier molecular flexibility index (Phi) is 1.74. The van der Waals surface area contributed by atoms with Crippen LogP contribution in [0.25, 0.3) is 0 Å². The van der Waals surface area contributed by atoms with Crippen molar-refractivity contribution in [3.63, 3.8) is 0 Å². The van der Waals surface area contributed by atoms with E-state index < -0.39 is 0 Å². The van der Waals surface area contributed by atoms with Gasteiger partial charge < -0.3 is 10.4 Å². The molecular weight excluding hydrogens is 150 g/mol. The third kappa shape index (κ3) is 1.27. The summed E-state index contributed by atoms with van der Waals surface area (Å²) in [5, 5.41) is 13.2. The first kappa shape index (κ1) is 8.52. The van der Waals surface area contributed by atoms with Gasteiger partial charge in [0.1, 0.15) is 0 Å². The summed E-state index contributed by atoms with van der Waals surface area (Å²) in [5.74, 6) is 0.550. The normalized spacial score (nSPS) is 37.8. The van der Waals surface area contributed by atoms with E-state index in [9.17, 15) is 5.11 Å². The Balaban J connectivity index is 1.99. The summed E-state index contributed by atoms with van der Waals surface area (Å²) >= 11 is 0. The summed E-state index contributed by atoms with van der Waals surface area (Å²) in [7, 11) is 0. The second-order valence-electron chi connectivity index (χ2n) is 5.31. The van der Waals surface area contributed by atoms with Crippen molar-refractivity contribution in [3.8, 4) is 0 Å². The number of β-amino-alcohol motifs (C(OH)–C–C–N with tert-alkyl or cyclic N) is 1. The largest absolute Gasteiger partial charge is 0.387 e. The van der Waals surface area contributed by atoms with E-state index in [0.29, 0.717) is 11.3 Å². The number of nitrogens with one attached hydrogen (secondary N) is 1. The molecule has 2 fully saturated rings. The molecular formula is C10H19NO. The molecule has 1 saturated heterocycles. The summed E-state index contributed by atoms with van der Waals surface area (Å²) in [6.07, 6.45) is 3.69. The van der Waals surface area contributed by atoms with Gasteiger partial charge in [-0.05, 0) is 30.6 Å². The molecule has 0 aromatic carbocycles. The maximum atomic E-state index is 10.1. The maximum Gasteiger partial charge on any atom is 0.0923 e. The van der Waals surface area contributed by atoms with Gasteiger partial charge in [-0.25, -0.2) is 0 Å². The summed E-state index contributed by atoms with van der Waals surface area (Å²) in [6, 6.07) is 0. The van der Waals surface area contributed by atoms with Gasteiger partial charge in [0.05, 0.1) is 5.60 Å². The van der Waals surface area contributed by atoms with Crippen molar-refractivity contribution >= 4 is 0 Å². The SMILES string of the molecule is CC1(C)CCC(C2(O)CNC2)C1. The molecule has 1 aliphatic carbocycles. The van der Waals surface area contributed by atoms with Crippen LogP contribution in [0, 0.1) is 11.3 Å². The Morgan fingerprint density at radius 2 is 2.00 bits per heavy atom. The molecule has 2 rings (SSSR count). The Labute approximate surface area is 74.4 Å². The molecule has 1 aliphatic heterocycles. The minimum Gasteiger partial charge on any atom is -0.387 e. The van der Waals surface area contributed by atoms with E-state index in [1.165, 1.54) is 19.3 Å². The van der Waals surface area contributed by atoms with Crippen molar-refractivity contribution in [2.24, 2.45) is 11.3 Å².